The highest BCUT2D eigenvalue weighted by atomic mass is 79.9. The molecule has 5 heteroatoms. The van der Waals surface area contributed by atoms with Crippen LogP contribution in [-0.4, -0.2) is 12.2 Å². The predicted octanol–water partition coefficient (Wildman–Crippen LogP) is 5.22. The van der Waals surface area contributed by atoms with E-state index in [1.807, 2.05) is 24.3 Å². The lowest BCUT2D eigenvalue weighted by atomic mass is 9.85. The van der Waals surface area contributed by atoms with E-state index < -0.39 is 12.1 Å². The molecule has 0 aliphatic heterocycles. The zero-order valence-electron chi connectivity index (χ0n) is 11.4. The molecule has 1 aliphatic carbocycles. The number of halogens is 4. The Morgan fingerprint density at radius 3 is 2.15 bits per heavy atom. The van der Waals surface area contributed by atoms with Crippen LogP contribution in [0.3, 0.4) is 0 Å². The molecule has 20 heavy (non-hydrogen) atoms. The lowest BCUT2D eigenvalue weighted by Gasteiger charge is -2.32. The Bertz CT molecular complexity index is 422. The van der Waals surface area contributed by atoms with Gasteiger partial charge in [-0.15, -0.1) is 0 Å². The van der Waals surface area contributed by atoms with Crippen molar-refractivity contribution in [1.82, 2.24) is 5.32 Å². The summed E-state index contributed by atoms with van der Waals surface area (Å²) in [6.45, 7) is 2.05. The fourth-order valence-corrected chi connectivity index (χ4v) is 3.05. The van der Waals surface area contributed by atoms with Gasteiger partial charge in [-0.05, 0) is 50.3 Å². The van der Waals surface area contributed by atoms with Crippen LogP contribution >= 0.6 is 15.9 Å². The monoisotopic (exact) mass is 349 g/mol. The Balaban J connectivity index is 1.85. The van der Waals surface area contributed by atoms with Gasteiger partial charge in [0.05, 0.1) is 5.92 Å². The van der Waals surface area contributed by atoms with Crippen molar-refractivity contribution in [3.8, 4) is 0 Å². The first-order valence-electron chi connectivity index (χ1n) is 6.94. The van der Waals surface area contributed by atoms with Gasteiger partial charge in [0.1, 0.15) is 0 Å². The molecule has 0 saturated heterocycles. The third kappa shape index (κ3) is 4.22. The molecule has 112 valence electrons. The van der Waals surface area contributed by atoms with Gasteiger partial charge < -0.3 is 5.32 Å². The highest BCUT2D eigenvalue weighted by Gasteiger charge is 2.41. The largest absolute Gasteiger partial charge is 0.391 e. The minimum absolute atomic E-state index is 0.163. The molecule has 0 heterocycles. The molecule has 1 aromatic carbocycles. The first kappa shape index (κ1) is 15.8. The highest BCUT2D eigenvalue weighted by Crippen LogP contribution is 2.37. The molecule has 0 spiro atoms. The number of rotatable bonds is 3. The van der Waals surface area contributed by atoms with Crippen molar-refractivity contribution in [2.24, 2.45) is 5.92 Å². The second-order valence-corrected chi connectivity index (χ2v) is 6.45. The summed E-state index contributed by atoms with van der Waals surface area (Å²) < 4.78 is 38.9. The Morgan fingerprint density at radius 2 is 1.65 bits per heavy atom. The van der Waals surface area contributed by atoms with Crippen LogP contribution in [0, 0.1) is 5.92 Å². The number of benzene rings is 1. The van der Waals surface area contributed by atoms with Gasteiger partial charge in [-0.2, -0.15) is 13.2 Å². The molecule has 0 bridgehead atoms. The topological polar surface area (TPSA) is 12.0 Å². The molecular formula is C15H19BrF3N. The maximum Gasteiger partial charge on any atom is 0.391 e. The second kappa shape index (κ2) is 6.48. The van der Waals surface area contributed by atoms with E-state index in [-0.39, 0.29) is 24.9 Å². The van der Waals surface area contributed by atoms with E-state index in [9.17, 15) is 13.2 Å². The molecule has 1 atom stereocenters. The van der Waals surface area contributed by atoms with E-state index in [4.69, 9.17) is 0 Å². The molecular weight excluding hydrogens is 331 g/mol. The fraction of sp³-hybridized carbons (Fsp3) is 0.600. The van der Waals surface area contributed by atoms with Gasteiger partial charge in [-0.3, -0.25) is 0 Å². The minimum atomic E-state index is -4.03. The maximum absolute atomic E-state index is 12.6. The Kier molecular flexibility index (Phi) is 5.13. The summed E-state index contributed by atoms with van der Waals surface area (Å²) in [5, 5.41) is 3.44. The summed E-state index contributed by atoms with van der Waals surface area (Å²) in [6, 6.07) is 8.37. The Morgan fingerprint density at radius 1 is 1.10 bits per heavy atom. The van der Waals surface area contributed by atoms with Gasteiger partial charge in [0, 0.05) is 16.6 Å². The molecule has 1 aliphatic rings. The quantitative estimate of drug-likeness (QED) is 0.788. The average Bonchev–Trinajstić information content (AvgIpc) is 2.39. The van der Waals surface area contributed by atoms with E-state index in [0.717, 1.165) is 10.0 Å². The molecule has 0 amide bonds. The summed E-state index contributed by atoms with van der Waals surface area (Å²) in [4.78, 5) is 0. The molecule has 0 aromatic heterocycles. The molecule has 0 unspecified atom stereocenters. The molecule has 1 saturated carbocycles. The van der Waals surface area contributed by atoms with Crippen LogP contribution in [0.4, 0.5) is 13.2 Å². The molecule has 2 rings (SSSR count). The number of hydrogen-bond acceptors (Lipinski definition) is 1. The molecule has 1 N–H and O–H groups in total. The first-order valence-corrected chi connectivity index (χ1v) is 7.74. The van der Waals surface area contributed by atoms with Crippen molar-refractivity contribution in [3.63, 3.8) is 0 Å². The van der Waals surface area contributed by atoms with Crippen LogP contribution in [0.1, 0.15) is 44.2 Å². The summed E-state index contributed by atoms with van der Waals surface area (Å²) in [6.07, 6.45) is -2.33. The van der Waals surface area contributed by atoms with E-state index >= 15 is 0 Å². The molecule has 1 nitrogen and oxygen atoms in total. The second-order valence-electron chi connectivity index (χ2n) is 5.53. The third-order valence-corrected chi connectivity index (χ3v) is 4.57. The summed E-state index contributed by atoms with van der Waals surface area (Å²) in [5.41, 5.74) is 1.16. The lowest BCUT2D eigenvalue weighted by Crippen LogP contribution is -2.38. The van der Waals surface area contributed by atoms with Crippen molar-refractivity contribution < 1.29 is 13.2 Å². The fourth-order valence-electron chi connectivity index (χ4n) is 2.79. The third-order valence-electron chi connectivity index (χ3n) is 4.05. The van der Waals surface area contributed by atoms with E-state index in [2.05, 4.69) is 28.2 Å². The number of hydrogen-bond donors (Lipinski definition) is 1. The van der Waals surface area contributed by atoms with E-state index in [0.29, 0.717) is 12.8 Å². The Labute approximate surface area is 126 Å². The van der Waals surface area contributed by atoms with Gasteiger partial charge in [0.25, 0.3) is 0 Å². The standard InChI is InChI=1S/C15H19BrF3N/c1-10(11-2-6-13(16)7-3-11)20-14-8-4-12(5-9-14)15(17,18)19/h2-3,6-7,10,12,14,20H,4-5,8-9H2,1H3/t10-,12?,14?/m1/s1. The van der Waals surface area contributed by atoms with Crippen LogP contribution in [0.2, 0.25) is 0 Å². The van der Waals surface area contributed by atoms with Gasteiger partial charge in [-0.1, -0.05) is 28.1 Å². The maximum atomic E-state index is 12.6. The minimum Gasteiger partial charge on any atom is -0.307 e. The zero-order valence-corrected chi connectivity index (χ0v) is 13.0. The smallest absolute Gasteiger partial charge is 0.307 e. The number of nitrogens with one attached hydrogen (secondary N) is 1. The van der Waals surface area contributed by atoms with Crippen LogP contribution in [0.25, 0.3) is 0 Å². The zero-order chi connectivity index (χ0) is 14.8. The highest BCUT2D eigenvalue weighted by molar-refractivity contribution is 9.10. The average molecular weight is 350 g/mol. The first-order chi connectivity index (χ1) is 9.36. The van der Waals surface area contributed by atoms with Gasteiger partial charge in [0.15, 0.2) is 0 Å². The van der Waals surface area contributed by atoms with Crippen molar-refractivity contribution in [2.45, 2.75) is 50.9 Å². The van der Waals surface area contributed by atoms with Crippen molar-refractivity contribution in [2.75, 3.05) is 0 Å². The van der Waals surface area contributed by atoms with Crippen LogP contribution in [0.5, 0.6) is 0 Å². The molecule has 0 radical (unpaired) electrons. The predicted molar refractivity (Wildman–Crippen MR) is 77.5 cm³/mol. The van der Waals surface area contributed by atoms with E-state index in [1.54, 1.807) is 0 Å². The van der Waals surface area contributed by atoms with Crippen molar-refractivity contribution >= 4 is 15.9 Å². The summed E-state index contributed by atoms with van der Waals surface area (Å²) in [7, 11) is 0. The van der Waals surface area contributed by atoms with E-state index in [1.165, 1.54) is 0 Å². The van der Waals surface area contributed by atoms with Crippen LogP contribution < -0.4 is 5.32 Å². The van der Waals surface area contributed by atoms with Gasteiger partial charge in [0.2, 0.25) is 0 Å². The van der Waals surface area contributed by atoms with Crippen LogP contribution in [-0.2, 0) is 0 Å². The van der Waals surface area contributed by atoms with Crippen molar-refractivity contribution in [3.05, 3.63) is 34.3 Å². The normalized spacial score (nSPS) is 25.4. The lowest BCUT2D eigenvalue weighted by molar-refractivity contribution is -0.182. The van der Waals surface area contributed by atoms with Gasteiger partial charge >= 0.3 is 6.18 Å². The molecule has 1 aromatic rings. The van der Waals surface area contributed by atoms with Crippen molar-refractivity contribution in [1.29, 1.82) is 0 Å². The van der Waals surface area contributed by atoms with Crippen LogP contribution in [0.15, 0.2) is 28.7 Å². The molecule has 1 fully saturated rings. The summed E-state index contributed by atoms with van der Waals surface area (Å²) in [5.74, 6) is -1.11. The summed E-state index contributed by atoms with van der Waals surface area (Å²) >= 11 is 3.39. The van der Waals surface area contributed by atoms with Gasteiger partial charge in [-0.25, -0.2) is 0 Å². The Hall–Kier alpha value is -0.550. The number of alkyl halides is 3. The SMILES string of the molecule is C[C@@H](NC1CCC(C(F)(F)F)CC1)c1ccc(Br)cc1.